The summed E-state index contributed by atoms with van der Waals surface area (Å²) in [7, 11) is 1.61. The number of carbonyl (C=O) groups excluding carboxylic acids is 1. The van der Waals surface area contributed by atoms with Gasteiger partial charge < -0.3 is 19.3 Å². The molecule has 3 rings (SSSR count). The molecule has 1 atom stereocenters. The highest BCUT2D eigenvalue weighted by Crippen LogP contribution is 2.49. The zero-order chi connectivity index (χ0) is 23.1. The molecule has 1 fully saturated rings. The van der Waals surface area contributed by atoms with Crippen molar-refractivity contribution in [3.63, 3.8) is 0 Å². The number of methoxy groups -OCH3 is 1. The van der Waals surface area contributed by atoms with E-state index in [1.807, 2.05) is 24.0 Å². The topological polar surface area (TPSA) is 91.6 Å². The minimum absolute atomic E-state index is 0.0268. The Balaban J connectivity index is 1.60. The van der Waals surface area contributed by atoms with E-state index in [-0.39, 0.29) is 18.6 Å². The average molecular weight is 438 g/mol. The number of hydrogen-bond acceptors (Lipinski definition) is 7. The van der Waals surface area contributed by atoms with Crippen molar-refractivity contribution in [2.24, 2.45) is 0 Å². The van der Waals surface area contributed by atoms with E-state index >= 15 is 0 Å². The number of hydrogen-bond donors (Lipinski definition) is 0. The SMILES string of the molecule is CCN(CC(C)N(CC)c1ccc(C#N)cn1)C(=O)COC1(c2cncc(OC)c2)CC1. The molecule has 8 nitrogen and oxygen atoms in total. The van der Waals surface area contributed by atoms with Crippen LogP contribution < -0.4 is 9.64 Å². The number of aromatic nitrogens is 2. The lowest BCUT2D eigenvalue weighted by molar-refractivity contribution is -0.139. The highest BCUT2D eigenvalue weighted by molar-refractivity contribution is 5.77. The molecule has 0 spiro atoms. The molecule has 1 unspecified atom stereocenters. The van der Waals surface area contributed by atoms with Gasteiger partial charge in [0.25, 0.3) is 0 Å². The van der Waals surface area contributed by atoms with Crippen molar-refractivity contribution in [1.82, 2.24) is 14.9 Å². The lowest BCUT2D eigenvalue weighted by atomic mass is 10.1. The molecule has 32 heavy (non-hydrogen) atoms. The summed E-state index contributed by atoms with van der Waals surface area (Å²) in [5.41, 5.74) is 1.04. The van der Waals surface area contributed by atoms with Crippen LogP contribution in [-0.2, 0) is 15.1 Å². The third-order valence-corrected chi connectivity index (χ3v) is 5.91. The van der Waals surface area contributed by atoms with E-state index in [9.17, 15) is 4.79 Å². The second kappa shape index (κ2) is 10.4. The van der Waals surface area contributed by atoms with Crippen LogP contribution in [0.4, 0.5) is 5.82 Å². The maximum absolute atomic E-state index is 13.0. The van der Waals surface area contributed by atoms with Gasteiger partial charge in [0.15, 0.2) is 0 Å². The molecule has 2 aromatic rings. The molecule has 0 N–H and O–H groups in total. The Morgan fingerprint density at radius 3 is 2.59 bits per heavy atom. The Hall–Kier alpha value is -3.18. The van der Waals surface area contributed by atoms with E-state index in [1.165, 1.54) is 0 Å². The average Bonchev–Trinajstić information content (AvgIpc) is 3.63. The number of carbonyl (C=O) groups is 1. The van der Waals surface area contributed by atoms with Crippen LogP contribution in [0.1, 0.15) is 44.7 Å². The predicted molar refractivity (Wildman–Crippen MR) is 121 cm³/mol. The molecule has 1 amide bonds. The maximum Gasteiger partial charge on any atom is 0.248 e. The standard InChI is InChI=1S/C24H31N5O3/c1-5-28(16-18(3)29(6-2)22-8-7-19(12-25)13-27-22)23(30)17-32-24(9-10-24)20-11-21(31-4)15-26-14-20/h7-8,11,13-15,18H,5-6,9-10,16-17H2,1-4H3. The Bertz CT molecular complexity index is 953. The monoisotopic (exact) mass is 437 g/mol. The molecule has 8 heteroatoms. The molecule has 2 heterocycles. The second-order valence-corrected chi connectivity index (χ2v) is 7.98. The number of rotatable bonds is 11. The summed E-state index contributed by atoms with van der Waals surface area (Å²) in [6.07, 6.45) is 6.75. The van der Waals surface area contributed by atoms with E-state index in [1.54, 1.807) is 31.8 Å². The van der Waals surface area contributed by atoms with Gasteiger partial charge in [0.2, 0.25) is 5.91 Å². The fourth-order valence-electron chi connectivity index (χ4n) is 3.85. The van der Waals surface area contributed by atoms with Crippen molar-refractivity contribution in [2.75, 3.05) is 38.3 Å². The van der Waals surface area contributed by atoms with Crippen molar-refractivity contribution in [3.05, 3.63) is 47.9 Å². The van der Waals surface area contributed by atoms with Crippen molar-refractivity contribution in [3.8, 4) is 11.8 Å². The van der Waals surface area contributed by atoms with Gasteiger partial charge in [-0.2, -0.15) is 5.26 Å². The predicted octanol–water partition coefficient (Wildman–Crippen LogP) is 3.13. The first kappa shape index (κ1) is 23.5. The molecule has 1 aliphatic carbocycles. The van der Waals surface area contributed by atoms with Gasteiger partial charge in [0.1, 0.15) is 24.2 Å². The van der Waals surface area contributed by atoms with Gasteiger partial charge in [-0.3, -0.25) is 9.78 Å². The van der Waals surface area contributed by atoms with Gasteiger partial charge >= 0.3 is 0 Å². The number of nitrogens with zero attached hydrogens (tertiary/aromatic N) is 5. The lowest BCUT2D eigenvalue weighted by Gasteiger charge is -2.33. The Morgan fingerprint density at radius 2 is 2.03 bits per heavy atom. The summed E-state index contributed by atoms with van der Waals surface area (Å²) in [4.78, 5) is 25.5. The normalized spacial score (nSPS) is 14.8. The van der Waals surface area contributed by atoms with E-state index in [4.69, 9.17) is 14.7 Å². The summed E-state index contributed by atoms with van der Waals surface area (Å²) in [5, 5.41) is 8.99. The Morgan fingerprint density at radius 1 is 1.25 bits per heavy atom. The van der Waals surface area contributed by atoms with Crippen LogP contribution >= 0.6 is 0 Å². The molecule has 1 saturated carbocycles. The number of anilines is 1. The summed E-state index contributed by atoms with van der Waals surface area (Å²) < 4.78 is 11.4. The van der Waals surface area contributed by atoms with Crippen molar-refractivity contribution >= 4 is 11.7 Å². The van der Waals surface area contributed by atoms with Crippen LogP contribution in [0.15, 0.2) is 36.8 Å². The van der Waals surface area contributed by atoms with Crippen molar-refractivity contribution < 1.29 is 14.3 Å². The number of amides is 1. The molecule has 2 aromatic heterocycles. The molecule has 0 radical (unpaired) electrons. The summed E-state index contributed by atoms with van der Waals surface area (Å²) >= 11 is 0. The molecule has 0 aromatic carbocycles. The molecule has 1 aliphatic rings. The Labute approximate surface area is 189 Å². The first-order valence-corrected chi connectivity index (χ1v) is 11.0. The maximum atomic E-state index is 13.0. The van der Waals surface area contributed by atoms with Crippen LogP contribution in [0.25, 0.3) is 0 Å². The number of likely N-dealkylation sites (N-methyl/N-ethyl adjacent to an activating group) is 2. The van der Waals surface area contributed by atoms with E-state index < -0.39 is 5.60 Å². The van der Waals surface area contributed by atoms with Gasteiger partial charge in [-0.1, -0.05) is 0 Å². The first-order valence-electron chi connectivity index (χ1n) is 11.0. The minimum Gasteiger partial charge on any atom is -0.495 e. The largest absolute Gasteiger partial charge is 0.495 e. The van der Waals surface area contributed by atoms with E-state index in [0.717, 1.165) is 30.8 Å². The van der Waals surface area contributed by atoms with Gasteiger partial charge in [-0.15, -0.1) is 0 Å². The lowest BCUT2D eigenvalue weighted by Crippen LogP contribution is -2.46. The highest BCUT2D eigenvalue weighted by atomic mass is 16.5. The number of pyridine rings is 2. The molecule has 0 aliphatic heterocycles. The molecular formula is C24H31N5O3. The first-order chi connectivity index (χ1) is 15.5. The van der Waals surface area contributed by atoms with Crippen LogP contribution in [0.3, 0.4) is 0 Å². The highest BCUT2D eigenvalue weighted by Gasteiger charge is 2.47. The third kappa shape index (κ3) is 5.35. The summed E-state index contributed by atoms with van der Waals surface area (Å²) in [6.45, 7) is 8.02. The summed E-state index contributed by atoms with van der Waals surface area (Å²) in [5.74, 6) is 1.44. The number of ether oxygens (including phenoxy) is 2. The molecular weight excluding hydrogens is 406 g/mol. The molecule has 170 valence electrons. The van der Waals surface area contributed by atoms with Gasteiger partial charge in [-0.05, 0) is 51.8 Å². The minimum atomic E-state index is -0.440. The zero-order valence-corrected chi connectivity index (χ0v) is 19.2. The Kier molecular flexibility index (Phi) is 7.65. The van der Waals surface area contributed by atoms with E-state index in [2.05, 4.69) is 34.8 Å². The van der Waals surface area contributed by atoms with Crippen molar-refractivity contribution in [2.45, 2.75) is 45.3 Å². The number of nitriles is 1. The van der Waals surface area contributed by atoms with Crippen LogP contribution in [0, 0.1) is 11.3 Å². The smallest absolute Gasteiger partial charge is 0.248 e. The van der Waals surface area contributed by atoms with Gasteiger partial charge in [0, 0.05) is 43.6 Å². The van der Waals surface area contributed by atoms with Crippen LogP contribution in [-0.4, -0.2) is 60.2 Å². The fraction of sp³-hybridized carbons (Fsp3) is 0.500. The zero-order valence-electron chi connectivity index (χ0n) is 19.2. The van der Waals surface area contributed by atoms with E-state index in [0.29, 0.717) is 24.4 Å². The van der Waals surface area contributed by atoms with Crippen molar-refractivity contribution in [1.29, 1.82) is 5.26 Å². The van der Waals surface area contributed by atoms with Gasteiger partial charge in [-0.25, -0.2) is 4.98 Å². The quantitative estimate of drug-likeness (QED) is 0.533. The third-order valence-electron chi connectivity index (χ3n) is 5.91. The fourth-order valence-corrected chi connectivity index (χ4v) is 3.85. The molecule has 0 saturated heterocycles. The second-order valence-electron chi connectivity index (χ2n) is 7.98. The summed E-state index contributed by atoms with van der Waals surface area (Å²) in [6, 6.07) is 7.68. The van der Waals surface area contributed by atoms with Gasteiger partial charge in [0.05, 0.1) is 24.5 Å². The van der Waals surface area contributed by atoms with Crippen LogP contribution in [0.2, 0.25) is 0 Å². The molecule has 0 bridgehead atoms. The van der Waals surface area contributed by atoms with Crippen LogP contribution in [0.5, 0.6) is 5.75 Å².